The molecule has 1 fully saturated rings. The van der Waals surface area contributed by atoms with Crippen molar-refractivity contribution >= 4 is 0 Å². The van der Waals surface area contributed by atoms with Gasteiger partial charge in [0.05, 0.1) is 12.7 Å². The van der Waals surface area contributed by atoms with E-state index in [0.29, 0.717) is 18.8 Å². The first-order valence-corrected chi connectivity index (χ1v) is 7.73. The van der Waals surface area contributed by atoms with Gasteiger partial charge in [0.2, 0.25) is 0 Å². The fourth-order valence-corrected chi connectivity index (χ4v) is 2.85. The molecule has 0 spiro atoms. The zero-order chi connectivity index (χ0) is 14.2. The molecule has 3 heteroatoms. The highest BCUT2D eigenvalue weighted by atomic mass is 16.5. The third-order valence-electron chi connectivity index (χ3n) is 3.88. The van der Waals surface area contributed by atoms with Gasteiger partial charge in [0.15, 0.2) is 0 Å². The highest BCUT2D eigenvalue weighted by Gasteiger charge is 2.21. The molecule has 0 radical (unpaired) electrons. The van der Waals surface area contributed by atoms with E-state index in [9.17, 15) is 0 Å². The summed E-state index contributed by atoms with van der Waals surface area (Å²) < 4.78 is 11.0. The average Bonchev–Trinajstić information content (AvgIpc) is 2.47. The van der Waals surface area contributed by atoms with Crippen LogP contribution in [0, 0.1) is 0 Å². The third-order valence-corrected chi connectivity index (χ3v) is 3.88. The second kappa shape index (κ2) is 8.40. The lowest BCUT2D eigenvalue weighted by Gasteiger charge is -2.30. The van der Waals surface area contributed by atoms with E-state index in [1.807, 2.05) is 0 Å². The van der Waals surface area contributed by atoms with Gasteiger partial charge in [-0.3, -0.25) is 0 Å². The van der Waals surface area contributed by atoms with Crippen molar-refractivity contribution in [3.63, 3.8) is 0 Å². The van der Waals surface area contributed by atoms with E-state index in [2.05, 4.69) is 36.5 Å². The van der Waals surface area contributed by atoms with E-state index in [4.69, 9.17) is 9.47 Å². The second-order valence-corrected chi connectivity index (χ2v) is 5.64. The quantitative estimate of drug-likeness (QED) is 0.829. The van der Waals surface area contributed by atoms with E-state index in [1.54, 1.807) is 7.11 Å². The fourth-order valence-electron chi connectivity index (χ4n) is 2.85. The Hall–Kier alpha value is -0.900. The number of nitrogens with one attached hydrogen (secondary N) is 1. The first-order chi connectivity index (χ1) is 9.81. The van der Waals surface area contributed by atoms with Crippen molar-refractivity contribution in [1.29, 1.82) is 0 Å². The van der Waals surface area contributed by atoms with Gasteiger partial charge in [-0.25, -0.2) is 0 Å². The van der Waals surface area contributed by atoms with Crippen LogP contribution in [0.25, 0.3) is 0 Å². The molecular weight excluding hydrogens is 250 g/mol. The Morgan fingerprint density at radius 1 is 1.35 bits per heavy atom. The molecule has 2 atom stereocenters. The van der Waals surface area contributed by atoms with Crippen LogP contribution in [0.5, 0.6) is 0 Å². The lowest BCUT2D eigenvalue weighted by Crippen LogP contribution is -2.38. The molecule has 0 aliphatic carbocycles. The summed E-state index contributed by atoms with van der Waals surface area (Å²) in [6, 6.07) is 9.20. The molecule has 112 valence electrons. The smallest absolute Gasteiger partial charge is 0.0713 e. The van der Waals surface area contributed by atoms with Gasteiger partial charge in [-0.05, 0) is 30.4 Å². The van der Waals surface area contributed by atoms with Crippen LogP contribution < -0.4 is 5.32 Å². The van der Waals surface area contributed by atoms with Crippen LogP contribution in [0.15, 0.2) is 24.3 Å². The van der Waals surface area contributed by atoms with Crippen molar-refractivity contribution in [3.8, 4) is 0 Å². The molecule has 20 heavy (non-hydrogen) atoms. The average molecular weight is 277 g/mol. The Morgan fingerprint density at radius 3 is 3.00 bits per heavy atom. The van der Waals surface area contributed by atoms with Crippen molar-refractivity contribution < 1.29 is 9.47 Å². The number of benzene rings is 1. The summed E-state index contributed by atoms with van der Waals surface area (Å²) in [4.78, 5) is 0. The highest BCUT2D eigenvalue weighted by Crippen LogP contribution is 2.18. The zero-order valence-corrected chi connectivity index (χ0v) is 12.7. The predicted molar refractivity (Wildman–Crippen MR) is 81.7 cm³/mol. The molecule has 2 rings (SSSR count). The molecule has 0 aromatic heterocycles. The Kier molecular flexibility index (Phi) is 6.51. The van der Waals surface area contributed by atoms with Crippen LogP contribution in [0.3, 0.4) is 0 Å². The van der Waals surface area contributed by atoms with E-state index < -0.39 is 0 Å². The number of ether oxygens (including phenoxy) is 2. The Morgan fingerprint density at radius 2 is 2.20 bits per heavy atom. The van der Waals surface area contributed by atoms with Crippen LogP contribution in [-0.2, 0) is 22.6 Å². The summed E-state index contributed by atoms with van der Waals surface area (Å²) in [5.74, 6) is 0. The summed E-state index contributed by atoms with van der Waals surface area (Å²) in [5.41, 5.74) is 2.57. The Labute approximate surface area is 122 Å². The minimum Gasteiger partial charge on any atom is -0.380 e. The maximum Gasteiger partial charge on any atom is 0.0713 e. The van der Waals surface area contributed by atoms with Crippen LogP contribution in [0.1, 0.15) is 43.7 Å². The van der Waals surface area contributed by atoms with Crippen molar-refractivity contribution in [2.75, 3.05) is 13.7 Å². The SMILES string of the molecule is CCCC1CC(NCc2cccc(COC)c2)CCO1. The van der Waals surface area contributed by atoms with Crippen LogP contribution in [0.4, 0.5) is 0 Å². The summed E-state index contributed by atoms with van der Waals surface area (Å²) in [6.07, 6.45) is 5.10. The zero-order valence-electron chi connectivity index (χ0n) is 12.7. The molecule has 2 unspecified atom stereocenters. The number of methoxy groups -OCH3 is 1. The van der Waals surface area contributed by atoms with Crippen molar-refractivity contribution in [2.24, 2.45) is 0 Å². The van der Waals surface area contributed by atoms with Crippen LogP contribution in [-0.4, -0.2) is 25.9 Å². The van der Waals surface area contributed by atoms with E-state index in [-0.39, 0.29) is 0 Å². The first kappa shape index (κ1) is 15.5. The number of hydrogen-bond donors (Lipinski definition) is 1. The van der Waals surface area contributed by atoms with Crippen LogP contribution in [0.2, 0.25) is 0 Å². The summed E-state index contributed by atoms with van der Waals surface area (Å²) >= 11 is 0. The Bertz CT molecular complexity index is 392. The van der Waals surface area contributed by atoms with Crippen molar-refractivity contribution in [2.45, 2.75) is 57.9 Å². The fraction of sp³-hybridized carbons (Fsp3) is 0.647. The number of rotatable bonds is 7. The molecule has 1 heterocycles. The number of hydrogen-bond acceptors (Lipinski definition) is 3. The molecule has 1 aromatic rings. The topological polar surface area (TPSA) is 30.5 Å². The molecule has 0 saturated carbocycles. The molecule has 0 amide bonds. The summed E-state index contributed by atoms with van der Waals surface area (Å²) in [6.45, 7) is 4.73. The van der Waals surface area contributed by atoms with Crippen molar-refractivity contribution in [3.05, 3.63) is 35.4 Å². The summed E-state index contributed by atoms with van der Waals surface area (Å²) in [7, 11) is 1.74. The molecule has 1 aliphatic heterocycles. The molecular formula is C17H27NO2. The minimum absolute atomic E-state index is 0.450. The lowest BCUT2D eigenvalue weighted by atomic mass is 10.00. The van der Waals surface area contributed by atoms with Gasteiger partial charge in [-0.15, -0.1) is 0 Å². The molecule has 3 nitrogen and oxygen atoms in total. The molecule has 1 aliphatic rings. The van der Waals surface area contributed by atoms with Gasteiger partial charge in [0, 0.05) is 26.3 Å². The highest BCUT2D eigenvalue weighted by molar-refractivity contribution is 5.22. The molecule has 1 saturated heterocycles. The van der Waals surface area contributed by atoms with E-state index in [0.717, 1.165) is 26.0 Å². The van der Waals surface area contributed by atoms with Gasteiger partial charge < -0.3 is 14.8 Å². The summed E-state index contributed by atoms with van der Waals surface area (Å²) in [5, 5.41) is 3.67. The van der Waals surface area contributed by atoms with E-state index in [1.165, 1.54) is 24.0 Å². The van der Waals surface area contributed by atoms with Gasteiger partial charge >= 0.3 is 0 Å². The van der Waals surface area contributed by atoms with Gasteiger partial charge in [0.25, 0.3) is 0 Å². The normalized spacial score (nSPS) is 22.9. The maximum atomic E-state index is 5.80. The van der Waals surface area contributed by atoms with Gasteiger partial charge in [-0.2, -0.15) is 0 Å². The first-order valence-electron chi connectivity index (χ1n) is 7.73. The molecule has 1 N–H and O–H groups in total. The minimum atomic E-state index is 0.450. The second-order valence-electron chi connectivity index (χ2n) is 5.64. The monoisotopic (exact) mass is 277 g/mol. The standard InChI is InChI=1S/C17H27NO2/c1-3-5-17-11-16(8-9-20-17)18-12-14-6-4-7-15(10-14)13-19-2/h4,6-7,10,16-18H,3,5,8-9,11-13H2,1-2H3. The molecule has 1 aromatic carbocycles. The predicted octanol–water partition coefficient (Wildman–Crippen LogP) is 3.27. The Balaban J connectivity index is 1.80. The lowest BCUT2D eigenvalue weighted by molar-refractivity contribution is -0.00342. The largest absolute Gasteiger partial charge is 0.380 e. The van der Waals surface area contributed by atoms with E-state index >= 15 is 0 Å². The maximum absolute atomic E-state index is 5.80. The van der Waals surface area contributed by atoms with Crippen molar-refractivity contribution in [1.82, 2.24) is 5.32 Å². The third kappa shape index (κ3) is 4.89. The van der Waals surface area contributed by atoms with Gasteiger partial charge in [0.1, 0.15) is 0 Å². The van der Waals surface area contributed by atoms with Crippen LogP contribution >= 0.6 is 0 Å². The molecule has 0 bridgehead atoms. The van der Waals surface area contributed by atoms with Gasteiger partial charge in [-0.1, -0.05) is 37.6 Å².